The summed E-state index contributed by atoms with van der Waals surface area (Å²) in [4.78, 5) is 10.7. The molecule has 0 fully saturated rings. The molecule has 0 bridgehead atoms. The lowest BCUT2D eigenvalue weighted by molar-refractivity contribution is -0.115. The second-order valence-electron chi connectivity index (χ2n) is 4.52. The molecule has 6 heteroatoms. The molecule has 0 aliphatic rings. The first-order valence-electron chi connectivity index (χ1n) is 6.13. The Morgan fingerprint density at radius 1 is 1.00 bits per heavy atom. The van der Waals surface area contributed by atoms with E-state index in [0.717, 1.165) is 16.7 Å². The van der Waals surface area contributed by atoms with Gasteiger partial charge in [0.2, 0.25) is 5.91 Å². The number of hydrogen-bond acceptors (Lipinski definition) is 2. The molecule has 0 saturated heterocycles. The van der Waals surface area contributed by atoms with Crippen LogP contribution in [0.15, 0.2) is 42.5 Å². The third-order valence-electron chi connectivity index (χ3n) is 2.84. The van der Waals surface area contributed by atoms with Gasteiger partial charge in [0.25, 0.3) is 0 Å². The van der Waals surface area contributed by atoms with Gasteiger partial charge in [0.1, 0.15) is 5.75 Å². The molecule has 2 rings (SSSR count). The summed E-state index contributed by atoms with van der Waals surface area (Å²) in [6.07, 6.45) is 0. The zero-order valence-electron chi connectivity index (χ0n) is 11.0. The van der Waals surface area contributed by atoms with Gasteiger partial charge in [-0.15, -0.1) is 0 Å². The molecule has 0 aromatic heterocycles. The van der Waals surface area contributed by atoms with Gasteiger partial charge in [-0.25, -0.2) is 0 Å². The molecule has 2 aromatic carbocycles. The zero-order chi connectivity index (χ0) is 15.4. The third-order valence-corrected chi connectivity index (χ3v) is 4.84. The van der Waals surface area contributed by atoms with Crippen molar-refractivity contribution in [1.82, 2.24) is 0 Å². The van der Waals surface area contributed by atoms with Crippen molar-refractivity contribution in [3.05, 3.63) is 58.1 Å². The van der Waals surface area contributed by atoms with Crippen LogP contribution in [0.4, 0.5) is 0 Å². The van der Waals surface area contributed by atoms with Crippen molar-refractivity contribution in [1.29, 1.82) is 0 Å². The van der Waals surface area contributed by atoms with E-state index in [1.54, 1.807) is 12.1 Å². The van der Waals surface area contributed by atoms with E-state index in [1.807, 2.05) is 30.3 Å². The maximum atomic E-state index is 11.6. The number of hydrogen-bond donors (Lipinski definition) is 1. The van der Waals surface area contributed by atoms with Gasteiger partial charge in [0, 0.05) is 16.6 Å². The van der Waals surface area contributed by atoms with Crippen LogP contribution in [0.1, 0.15) is 5.56 Å². The van der Waals surface area contributed by atoms with Crippen LogP contribution >= 0.6 is 23.2 Å². The maximum absolute atomic E-state index is 11.6. The van der Waals surface area contributed by atoms with Gasteiger partial charge < -0.3 is 5.73 Å². The smallest absolute Gasteiger partial charge is 0.230 e. The number of carbonyl (C=O) groups is 1. The molecule has 1 amide bonds. The Morgan fingerprint density at radius 2 is 1.62 bits per heavy atom. The quantitative estimate of drug-likeness (QED) is 0.905. The SMILES string of the molecule is NC(=O)C[S@@](=O)Cc1ccc(-c2ccc(Cl)c(Cl)c2)cc1. The monoisotopic (exact) mass is 341 g/mol. The minimum absolute atomic E-state index is 0.117. The lowest BCUT2D eigenvalue weighted by Crippen LogP contribution is -2.20. The second-order valence-corrected chi connectivity index (χ2v) is 6.79. The van der Waals surface area contributed by atoms with Crippen molar-refractivity contribution in [3.8, 4) is 11.1 Å². The van der Waals surface area contributed by atoms with Crippen LogP contribution in [0.25, 0.3) is 11.1 Å². The predicted octanol–water partition coefficient (Wildman–Crippen LogP) is 3.39. The molecule has 0 heterocycles. The number of rotatable bonds is 5. The average Bonchev–Trinajstić information content (AvgIpc) is 2.42. The minimum atomic E-state index is -1.27. The van der Waals surface area contributed by atoms with E-state index in [-0.39, 0.29) is 5.75 Å². The van der Waals surface area contributed by atoms with Gasteiger partial charge in [0.15, 0.2) is 0 Å². The summed E-state index contributed by atoms with van der Waals surface area (Å²) in [5.41, 5.74) is 7.84. The number of halogens is 2. The number of benzene rings is 2. The Kier molecular flexibility index (Phi) is 5.39. The fourth-order valence-corrected chi connectivity index (χ4v) is 3.15. The van der Waals surface area contributed by atoms with Crippen LogP contribution in [0.3, 0.4) is 0 Å². The fraction of sp³-hybridized carbons (Fsp3) is 0.133. The Morgan fingerprint density at radius 3 is 2.19 bits per heavy atom. The van der Waals surface area contributed by atoms with Gasteiger partial charge in [-0.05, 0) is 28.8 Å². The van der Waals surface area contributed by atoms with Gasteiger partial charge in [-0.3, -0.25) is 9.00 Å². The molecule has 2 N–H and O–H groups in total. The molecule has 0 spiro atoms. The van der Waals surface area contributed by atoms with Crippen molar-refractivity contribution in [2.75, 3.05) is 5.75 Å². The van der Waals surface area contributed by atoms with Gasteiger partial charge in [0.05, 0.1) is 10.0 Å². The summed E-state index contributed by atoms with van der Waals surface area (Å²) in [6.45, 7) is 0. The minimum Gasteiger partial charge on any atom is -0.369 e. The summed E-state index contributed by atoms with van der Waals surface area (Å²) in [7, 11) is -1.27. The Hall–Kier alpha value is -1.36. The van der Waals surface area contributed by atoms with Gasteiger partial charge in [-0.1, -0.05) is 53.5 Å². The van der Waals surface area contributed by atoms with Crippen LogP contribution in [0.2, 0.25) is 10.0 Å². The molecule has 3 nitrogen and oxygen atoms in total. The summed E-state index contributed by atoms with van der Waals surface area (Å²) < 4.78 is 11.6. The first-order chi connectivity index (χ1) is 9.95. The van der Waals surface area contributed by atoms with Crippen LogP contribution in [0.5, 0.6) is 0 Å². The molecule has 110 valence electrons. The Bertz CT molecular complexity index is 687. The second kappa shape index (κ2) is 7.07. The van der Waals surface area contributed by atoms with Crippen LogP contribution < -0.4 is 5.73 Å². The predicted molar refractivity (Wildman–Crippen MR) is 87.8 cm³/mol. The maximum Gasteiger partial charge on any atom is 0.230 e. The zero-order valence-corrected chi connectivity index (χ0v) is 13.3. The molecule has 0 radical (unpaired) electrons. The molecule has 21 heavy (non-hydrogen) atoms. The number of amides is 1. The van der Waals surface area contributed by atoms with Crippen molar-refractivity contribution >= 4 is 39.9 Å². The summed E-state index contributed by atoms with van der Waals surface area (Å²) in [5.74, 6) is -0.361. The normalized spacial score (nSPS) is 12.1. The van der Waals surface area contributed by atoms with Crippen LogP contribution in [0, 0.1) is 0 Å². The van der Waals surface area contributed by atoms with E-state index >= 15 is 0 Å². The van der Waals surface area contributed by atoms with E-state index in [9.17, 15) is 9.00 Å². The summed E-state index contributed by atoms with van der Waals surface area (Å²) in [6, 6.07) is 13.0. The Labute approximate surface area is 135 Å². The molecule has 0 aliphatic carbocycles. The highest BCUT2D eigenvalue weighted by Gasteiger charge is 2.06. The average molecular weight is 342 g/mol. The number of carbonyl (C=O) groups excluding carboxylic acids is 1. The highest BCUT2D eigenvalue weighted by atomic mass is 35.5. The van der Waals surface area contributed by atoms with E-state index in [1.165, 1.54) is 0 Å². The molecular weight excluding hydrogens is 329 g/mol. The first-order valence-corrected chi connectivity index (χ1v) is 8.38. The molecule has 2 aromatic rings. The molecule has 0 unspecified atom stereocenters. The largest absolute Gasteiger partial charge is 0.369 e. The summed E-state index contributed by atoms with van der Waals surface area (Å²) >= 11 is 11.9. The van der Waals surface area contributed by atoms with E-state index in [0.29, 0.717) is 15.8 Å². The molecule has 0 saturated carbocycles. The van der Waals surface area contributed by atoms with Crippen LogP contribution in [-0.2, 0) is 21.3 Å². The van der Waals surface area contributed by atoms with E-state index in [2.05, 4.69) is 0 Å². The highest BCUT2D eigenvalue weighted by molar-refractivity contribution is 7.84. The molecule has 0 aliphatic heterocycles. The molecule has 1 atom stereocenters. The third kappa shape index (κ3) is 4.56. The fourth-order valence-electron chi connectivity index (χ4n) is 1.86. The number of nitrogens with two attached hydrogens (primary N) is 1. The first kappa shape index (κ1) is 16.0. The summed E-state index contributed by atoms with van der Waals surface area (Å²) in [5, 5.41) is 1.01. The van der Waals surface area contributed by atoms with Crippen molar-refractivity contribution in [2.24, 2.45) is 5.73 Å². The molecular formula is C15H13Cl2NO2S. The Balaban J connectivity index is 2.13. The van der Waals surface area contributed by atoms with Crippen molar-refractivity contribution < 1.29 is 9.00 Å². The van der Waals surface area contributed by atoms with Crippen molar-refractivity contribution in [3.63, 3.8) is 0 Å². The van der Waals surface area contributed by atoms with E-state index < -0.39 is 16.7 Å². The lowest BCUT2D eigenvalue weighted by Gasteiger charge is -2.06. The van der Waals surface area contributed by atoms with Gasteiger partial charge in [-0.2, -0.15) is 0 Å². The highest BCUT2D eigenvalue weighted by Crippen LogP contribution is 2.28. The topological polar surface area (TPSA) is 60.2 Å². The standard InChI is InChI=1S/C15H13Cl2NO2S/c16-13-6-5-12(7-14(13)17)11-3-1-10(2-4-11)8-21(20)9-15(18)19/h1-7H,8-9H2,(H2,18,19)/t21-/m0/s1. The van der Waals surface area contributed by atoms with Crippen LogP contribution in [-0.4, -0.2) is 15.9 Å². The number of primary amides is 1. The van der Waals surface area contributed by atoms with Crippen molar-refractivity contribution in [2.45, 2.75) is 5.75 Å². The lowest BCUT2D eigenvalue weighted by atomic mass is 10.0. The van der Waals surface area contributed by atoms with E-state index in [4.69, 9.17) is 28.9 Å². The van der Waals surface area contributed by atoms with Gasteiger partial charge >= 0.3 is 0 Å².